The summed E-state index contributed by atoms with van der Waals surface area (Å²) in [5, 5.41) is 0.478. The quantitative estimate of drug-likeness (QED) is 0.643. The van der Waals surface area contributed by atoms with Crippen LogP contribution in [0.5, 0.6) is 5.88 Å². The van der Waals surface area contributed by atoms with Gasteiger partial charge in [0.1, 0.15) is 23.1 Å². The van der Waals surface area contributed by atoms with Gasteiger partial charge >= 0.3 is 0 Å². The van der Waals surface area contributed by atoms with Crippen LogP contribution in [0.4, 0.5) is 0 Å². The predicted molar refractivity (Wildman–Crippen MR) is 117 cm³/mol. The number of piperidine rings is 1. The number of rotatable bonds is 4. The maximum atomic E-state index is 13.2. The molecular formula is C23H27N5O3. The van der Waals surface area contributed by atoms with E-state index in [0.717, 1.165) is 11.4 Å². The average molecular weight is 422 g/mol. The number of hydrogen-bond donors (Lipinski definition) is 0. The molecule has 1 fully saturated rings. The number of ether oxygens (including phenoxy) is 1. The Labute approximate surface area is 180 Å². The minimum atomic E-state index is -0.262. The number of nitrogens with zero attached hydrogens (tertiary/aromatic N) is 5. The van der Waals surface area contributed by atoms with Gasteiger partial charge in [-0.1, -0.05) is 0 Å². The molecule has 4 rings (SSSR count). The number of hydrogen-bond acceptors (Lipinski definition) is 6. The van der Waals surface area contributed by atoms with Gasteiger partial charge in [0.05, 0.1) is 5.39 Å². The third-order valence-corrected chi connectivity index (χ3v) is 5.59. The van der Waals surface area contributed by atoms with E-state index in [4.69, 9.17) is 4.74 Å². The summed E-state index contributed by atoms with van der Waals surface area (Å²) >= 11 is 0. The summed E-state index contributed by atoms with van der Waals surface area (Å²) in [5.74, 6) is 1.01. The summed E-state index contributed by atoms with van der Waals surface area (Å²) in [6, 6.07) is 5.38. The Bertz CT molecular complexity index is 1180. The molecule has 1 aliphatic heterocycles. The lowest BCUT2D eigenvalue weighted by atomic mass is 10.1. The van der Waals surface area contributed by atoms with Crippen molar-refractivity contribution in [3.05, 3.63) is 57.4 Å². The highest BCUT2D eigenvalue weighted by atomic mass is 16.5. The predicted octanol–water partition coefficient (Wildman–Crippen LogP) is 2.82. The van der Waals surface area contributed by atoms with Crippen molar-refractivity contribution in [2.75, 3.05) is 13.1 Å². The number of carbonyl (C=O) groups is 1. The van der Waals surface area contributed by atoms with E-state index in [0.29, 0.717) is 55.2 Å². The van der Waals surface area contributed by atoms with Crippen molar-refractivity contribution < 1.29 is 9.53 Å². The summed E-state index contributed by atoms with van der Waals surface area (Å²) in [6.45, 7) is 9.30. The van der Waals surface area contributed by atoms with Crippen molar-refractivity contribution in [3.63, 3.8) is 0 Å². The fourth-order valence-corrected chi connectivity index (χ4v) is 4.01. The maximum absolute atomic E-state index is 13.2. The molecule has 0 saturated carbocycles. The zero-order valence-electron chi connectivity index (χ0n) is 18.4. The Morgan fingerprint density at radius 1 is 1.10 bits per heavy atom. The second-order valence-electron chi connectivity index (χ2n) is 7.99. The van der Waals surface area contributed by atoms with Crippen molar-refractivity contribution >= 4 is 16.9 Å². The smallest absolute Gasteiger partial charge is 0.259 e. The monoisotopic (exact) mass is 421 g/mol. The minimum absolute atomic E-state index is 0.0196. The number of pyridine rings is 2. The van der Waals surface area contributed by atoms with Crippen LogP contribution < -0.4 is 10.2 Å². The highest BCUT2D eigenvalue weighted by Crippen LogP contribution is 2.20. The van der Waals surface area contributed by atoms with Crippen molar-refractivity contribution in [1.82, 2.24) is 24.4 Å². The van der Waals surface area contributed by atoms with Gasteiger partial charge in [0.25, 0.3) is 5.91 Å². The number of fused-ring (bicyclic) bond motifs is 1. The van der Waals surface area contributed by atoms with Crippen LogP contribution in [0.1, 0.15) is 47.3 Å². The lowest BCUT2D eigenvalue weighted by molar-refractivity contribution is 0.0585. The molecule has 1 saturated heterocycles. The molecule has 162 valence electrons. The summed E-state index contributed by atoms with van der Waals surface area (Å²) in [6.07, 6.45) is 3.00. The first-order valence-electron chi connectivity index (χ1n) is 10.6. The second kappa shape index (κ2) is 8.45. The van der Waals surface area contributed by atoms with Crippen LogP contribution in [-0.4, -0.2) is 49.5 Å². The van der Waals surface area contributed by atoms with Crippen LogP contribution in [0.2, 0.25) is 0 Å². The summed E-state index contributed by atoms with van der Waals surface area (Å²) in [7, 11) is 0. The first-order valence-corrected chi connectivity index (χ1v) is 10.6. The average Bonchev–Trinajstić information content (AvgIpc) is 2.73. The van der Waals surface area contributed by atoms with Gasteiger partial charge in [0.2, 0.25) is 11.3 Å². The zero-order valence-corrected chi connectivity index (χ0v) is 18.4. The largest absolute Gasteiger partial charge is 0.474 e. The Kier molecular flexibility index (Phi) is 5.71. The molecule has 4 heterocycles. The number of aryl methyl sites for hydroxylation is 4. The molecular weight excluding hydrogens is 394 g/mol. The highest BCUT2D eigenvalue weighted by molar-refractivity contribution is 5.97. The molecule has 0 aliphatic carbocycles. The van der Waals surface area contributed by atoms with Crippen LogP contribution >= 0.6 is 0 Å². The molecule has 3 aromatic rings. The fourth-order valence-electron chi connectivity index (χ4n) is 4.01. The Balaban J connectivity index is 1.51. The van der Waals surface area contributed by atoms with E-state index in [1.54, 1.807) is 23.2 Å². The van der Waals surface area contributed by atoms with Crippen molar-refractivity contribution in [3.8, 4) is 5.88 Å². The van der Waals surface area contributed by atoms with Gasteiger partial charge in [-0.25, -0.2) is 9.97 Å². The summed E-state index contributed by atoms with van der Waals surface area (Å²) < 4.78 is 7.88. The van der Waals surface area contributed by atoms with E-state index in [-0.39, 0.29) is 23.0 Å². The molecule has 0 N–H and O–H groups in total. The molecule has 0 radical (unpaired) electrons. The standard InChI is InChI=1S/C23H27N5O3/c1-5-27-13-19(21(29)18-7-6-14(2)25-22(18)27)23(30)28-10-8-17(9-11-28)31-20-12-15(3)24-16(4)26-20/h6-7,12-13,17H,5,8-11H2,1-4H3. The first kappa shape index (κ1) is 21.0. The number of carbonyl (C=O) groups excluding carboxylic acids is 1. The van der Waals surface area contributed by atoms with E-state index in [2.05, 4.69) is 15.0 Å². The SMILES string of the molecule is CCn1cc(C(=O)N2CCC(Oc3cc(C)nc(C)n3)CC2)c(=O)c2ccc(C)nc21. The van der Waals surface area contributed by atoms with Gasteiger partial charge in [-0.2, -0.15) is 4.98 Å². The molecule has 8 heteroatoms. The Hall–Kier alpha value is -3.29. The van der Waals surface area contributed by atoms with Gasteiger partial charge in [-0.05, 0) is 39.8 Å². The lowest BCUT2D eigenvalue weighted by Gasteiger charge is -2.32. The minimum Gasteiger partial charge on any atom is -0.474 e. The molecule has 1 aliphatic rings. The van der Waals surface area contributed by atoms with Gasteiger partial charge in [0.15, 0.2) is 0 Å². The van der Waals surface area contributed by atoms with Crippen LogP contribution in [-0.2, 0) is 6.54 Å². The molecule has 8 nitrogen and oxygen atoms in total. The molecule has 0 aromatic carbocycles. The van der Waals surface area contributed by atoms with Crippen molar-refractivity contribution in [2.45, 2.75) is 53.2 Å². The molecule has 0 unspecified atom stereocenters. The van der Waals surface area contributed by atoms with Crippen molar-refractivity contribution in [2.24, 2.45) is 0 Å². The molecule has 0 spiro atoms. The highest BCUT2D eigenvalue weighted by Gasteiger charge is 2.27. The van der Waals surface area contributed by atoms with E-state index >= 15 is 0 Å². The van der Waals surface area contributed by atoms with Crippen LogP contribution in [0.15, 0.2) is 29.2 Å². The van der Waals surface area contributed by atoms with Gasteiger partial charge in [-0.3, -0.25) is 9.59 Å². The van der Waals surface area contributed by atoms with E-state index in [1.165, 1.54) is 0 Å². The van der Waals surface area contributed by atoms with Crippen molar-refractivity contribution in [1.29, 1.82) is 0 Å². The fraction of sp³-hybridized carbons (Fsp3) is 0.435. The van der Waals surface area contributed by atoms with E-state index in [1.807, 2.05) is 38.3 Å². The molecule has 31 heavy (non-hydrogen) atoms. The van der Waals surface area contributed by atoms with Crippen LogP contribution in [0.25, 0.3) is 11.0 Å². The second-order valence-corrected chi connectivity index (χ2v) is 7.99. The maximum Gasteiger partial charge on any atom is 0.259 e. The molecule has 1 amide bonds. The number of aromatic nitrogens is 4. The topological polar surface area (TPSA) is 90.2 Å². The Morgan fingerprint density at radius 2 is 1.84 bits per heavy atom. The van der Waals surface area contributed by atoms with Gasteiger partial charge in [0, 0.05) is 56.1 Å². The third-order valence-electron chi connectivity index (χ3n) is 5.59. The van der Waals surface area contributed by atoms with E-state index < -0.39 is 0 Å². The summed E-state index contributed by atoms with van der Waals surface area (Å²) in [4.78, 5) is 41.0. The summed E-state index contributed by atoms with van der Waals surface area (Å²) in [5.41, 5.74) is 2.25. The lowest BCUT2D eigenvalue weighted by Crippen LogP contribution is -2.43. The molecule has 3 aromatic heterocycles. The van der Waals surface area contributed by atoms with E-state index in [9.17, 15) is 9.59 Å². The molecule has 0 bridgehead atoms. The third kappa shape index (κ3) is 4.28. The van der Waals surface area contributed by atoms with Crippen LogP contribution in [0.3, 0.4) is 0 Å². The number of likely N-dealkylation sites (tertiary alicyclic amines) is 1. The number of amides is 1. The first-order chi connectivity index (χ1) is 14.9. The zero-order chi connectivity index (χ0) is 22.1. The Morgan fingerprint density at radius 3 is 2.52 bits per heavy atom. The van der Waals surface area contributed by atoms with Crippen LogP contribution in [0, 0.1) is 20.8 Å². The van der Waals surface area contributed by atoms with Gasteiger partial charge < -0.3 is 14.2 Å². The normalized spacial score (nSPS) is 14.8. The van der Waals surface area contributed by atoms with Gasteiger partial charge in [-0.15, -0.1) is 0 Å². The molecule has 0 atom stereocenters.